The lowest BCUT2D eigenvalue weighted by molar-refractivity contribution is 0.0930. The number of carbonyl (C=O) groups is 1. The summed E-state index contributed by atoms with van der Waals surface area (Å²) in [6.45, 7) is 0.702. The lowest BCUT2D eigenvalue weighted by Gasteiger charge is -2.23. The molecule has 0 unspecified atom stereocenters. The molecule has 0 bridgehead atoms. The quantitative estimate of drug-likeness (QED) is 0.922. The van der Waals surface area contributed by atoms with Gasteiger partial charge in [0.2, 0.25) is 0 Å². The van der Waals surface area contributed by atoms with E-state index in [4.69, 9.17) is 5.26 Å². The maximum Gasteiger partial charge on any atom is 0.251 e. The summed E-state index contributed by atoms with van der Waals surface area (Å²) in [5, 5.41) is 12.0. The van der Waals surface area contributed by atoms with E-state index in [0.29, 0.717) is 17.7 Å². The molecule has 4 heteroatoms. The van der Waals surface area contributed by atoms with Crippen molar-refractivity contribution in [1.82, 2.24) is 10.2 Å². The lowest BCUT2D eigenvalue weighted by Crippen LogP contribution is -2.35. The van der Waals surface area contributed by atoms with Crippen molar-refractivity contribution in [2.75, 3.05) is 20.6 Å². The monoisotopic (exact) mass is 293 g/mol. The molecule has 2 aromatic rings. The van der Waals surface area contributed by atoms with Gasteiger partial charge in [-0.2, -0.15) is 5.26 Å². The minimum atomic E-state index is -0.173. The van der Waals surface area contributed by atoms with Crippen molar-refractivity contribution in [3.63, 3.8) is 0 Å². The molecule has 0 spiro atoms. The molecule has 0 heterocycles. The molecule has 1 N–H and O–H groups in total. The molecule has 1 amide bonds. The Morgan fingerprint density at radius 3 is 2.55 bits per heavy atom. The zero-order valence-corrected chi connectivity index (χ0v) is 12.8. The Balaban J connectivity index is 2.19. The number of nitriles is 1. The molecule has 0 aliphatic rings. The SMILES string of the molecule is CN(C)C[C@@H](NC(=O)c1cccc(C#N)c1)c1ccccc1. The highest BCUT2D eigenvalue weighted by Crippen LogP contribution is 2.15. The largest absolute Gasteiger partial charge is 0.344 e. The summed E-state index contributed by atoms with van der Waals surface area (Å²) in [5.41, 5.74) is 2.04. The van der Waals surface area contributed by atoms with Crippen molar-refractivity contribution in [1.29, 1.82) is 5.26 Å². The molecule has 0 radical (unpaired) electrons. The molecular weight excluding hydrogens is 274 g/mol. The average molecular weight is 293 g/mol. The van der Waals surface area contributed by atoms with Gasteiger partial charge in [-0.25, -0.2) is 0 Å². The molecule has 0 fully saturated rings. The number of nitrogens with zero attached hydrogens (tertiary/aromatic N) is 2. The van der Waals surface area contributed by atoms with Crippen LogP contribution in [0.5, 0.6) is 0 Å². The topological polar surface area (TPSA) is 56.1 Å². The van der Waals surface area contributed by atoms with E-state index < -0.39 is 0 Å². The number of carbonyl (C=O) groups excluding carboxylic acids is 1. The second kappa shape index (κ2) is 7.39. The van der Waals surface area contributed by atoms with Crippen LogP contribution in [-0.4, -0.2) is 31.4 Å². The fraction of sp³-hybridized carbons (Fsp3) is 0.222. The van der Waals surface area contributed by atoms with Crippen LogP contribution in [0.1, 0.15) is 27.5 Å². The van der Waals surface area contributed by atoms with Crippen molar-refractivity contribution in [2.45, 2.75) is 6.04 Å². The van der Waals surface area contributed by atoms with Gasteiger partial charge in [0, 0.05) is 12.1 Å². The van der Waals surface area contributed by atoms with Crippen molar-refractivity contribution >= 4 is 5.91 Å². The van der Waals surface area contributed by atoms with Gasteiger partial charge in [-0.15, -0.1) is 0 Å². The Morgan fingerprint density at radius 2 is 1.91 bits per heavy atom. The zero-order chi connectivity index (χ0) is 15.9. The molecule has 2 rings (SSSR count). The van der Waals surface area contributed by atoms with E-state index in [0.717, 1.165) is 5.56 Å². The molecule has 2 aromatic carbocycles. The normalized spacial score (nSPS) is 11.7. The van der Waals surface area contributed by atoms with Crippen molar-refractivity contribution < 1.29 is 4.79 Å². The molecule has 0 aliphatic heterocycles. The van der Waals surface area contributed by atoms with Crippen LogP contribution in [-0.2, 0) is 0 Å². The maximum absolute atomic E-state index is 12.4. The predicted molar refractivity (Wildman–Crippen MR) is 86.4 cm³/mol. The summed E-state index contributed by atoms with van der Waals surface area (Å²) < 4.78 is 0. The third-order valence-corrected chi connectivity index (χ3v) is 3.31. The van der Waals surface area contributed by atoms with Crippen LogP contribution >= 0.6 is 0 Å². The number of amides is 1. The Morgan fingerprint density at radius 1 is 1.18 bits per heavy atom. The predicted octanol–water partition coefficient (Wildman–Crippen LogP) is 2.59. The van der Waals surface area contributed by atoms with E-state index in [9.17, 15) is 4.79 Å². The van der Waals surface area contributed by atoms with Crippen LogP contribution in [0, 0.1) is 11.3 Å². The molecule has 1 atom stereocenters. The van der Waals surface area contributed by atoms with Gasteiger partial charge in [0.05, 0.1) is 17.7 Å². The third-order valence-electron chi connectivity index (χ3n) is 3.31. The summed E-state index contributed by atoms with van der Waals surface area (Å²) in [5.74, 6) is -0.173. The molecule has 0 aliphatic carbocycles. The van der Waals surface area contributed by atoms with Crippen molar-refractivity contribution in [3.8, 4) is 6.07 Å². The van der Waals surface area contributed by atoms with Crippen LogP contribution in [0.15, 0.2) is 54.6 Å². The van der Waals surface area contributed by atoms with E-state index >= 15 is 0 Å². The Hall–Kier alpha value is -2.64. The molecular formula is C18H19N3O. The Bertz CT molecular complexity index is 674. The summed E-state index contributed by atoms with van der Waals surface area (Å²) in [6, 6.07) is 18.5. The highest BCUT2D eigenvalue weighted by molar-refractivity contribution is 5.94. The van der Waals surface area contributed by atoms with Crippen LogP contribution in [0.2, 0.25) is 0 Å². The second-order valence-corrected chi connectivity index (χ2v) is 5.39. The van der Waals surface area contributed by atoms with E-state index in [2.05, 4.69) is 11.4 Å². The second-order valence-electron chi connectivity index (χ2n) is 5.39. The van der Waals surface area contributed by atoms with Gasteiger partial charge >= 0.3 is 0 Å². The first kappa shape index (κ1) is 15.7. The van der Waals surface area contributed by atoms with Gasteiger partial charge < -0.3 is 10.2 Å². The van der Waals surface area contributed by atoms with Crippen molar-refractivity contribution in [3.05, 3.63) is 71.3 Å². The Kier molecular flexibility index (Phi) is 5.29. The number of benzene rings is 2. The zero-order valence-electron chi connectivity index (χ0n) is 12.8. The van der Waals surface area contributed by atoms with Crippen LogP contribution in [0.3, 0.4) is 0 Å². The van der Waals surface area contributed by atoms with Gasteiger partial charge in [-0.3, -0.25) is 4.79 Å². The molecule has 0 saturated heterocycles. The highest BCUT2D eigenvalue weighted by atomic mass is 16.1. The molecule has 112 valence electrons. The van der Waals surface area contributed by atoms with Gasteiger partial charge in [0.15, 0.2) is 0 Å². The highest BCUT2D eigenvalue weighted by Gasteiger charge is 2.16. The standard InChI is InChI=1S/C18H19N3O/c1-21(2)13-17(15-8-4-3-5-9-15)20-18(22)16-10-6-7-14(11-16)12-19/h3-11,17H,13H2,1-2H3,(H,20,22)/t17-/m1/s1. The maximum atomic E-state index is 12.4. The summed E-state index contributed by atoms with van der Waals surface area (Å²) in [6.07, 6.45) is 0. The number of nitrogens with one attached hydrogen (secondary N) is 1. The smallest absolute Gasteiger partial charge is 0.251 e. The Labute approximate surface area is 131 Å². The third kappa shape index (κ3) is 4.18. The first-order valence-electron chi connectivity index (χ1n) is 7.11. The lowest BCUT2D eigenvalue weighted by atomic mass is 10.1. The molecule has 4 nitrogen and oxygen atoms in total. The van der Waals surface area contributed by atoms with Crippen LogP contribution < -0.4 is 5.32 Å². The minimum absolute atomic E-state index is 0.102. The fourth-order valence-electron chi connectivity index (χ4n) is 2.26. The number of likely N-dealkylation sites (N-methyl/N-ethyl adjacent to an activating group) is 1. The average Bonchev–Trinajstić information content (AvgIpc) is 2.54. The summed E-state index contributed by atoms with van der Waals surface area (Å²) in [4.78, 5) is 14.5. The van der Waals surface area contributed by atoms with Crippen molar-refractivity contribution in [2.24, 2.45) is 0 Å². The van der Waals surface area contributed by atoms with Gasteiger partial charge in [-0.1, -0.05) is 36.4 Å². The summed E-state index contributed by atoms with van der Waals surface area (Å²) >= 11 is 0. The first-order valence-corrected chi connectivity index (χ1v) is 7.11. The number of hydrogen-bond acceptors (Lipinski definition) is 3. The fourth-order valence-corrected chi connectivity index (χ4v) is 2.26. The van der Waals surface area contributed by atoms with E-state index in [-0.39, 0.29) is 11.9 Å². The van der Waals surface area contributed by atoms with Crippen LogP contribution in [0.25, 0.3) is 0 Å². The summed E-state index contributed by atoms with van der Waals surface area (Å²) in [7, 11) is 3.94. The number of rotatable bonds is 5. The van der Waals surface area contributed by atoms with Gasteiger partial charge in [0.1, 0.15) is 0 Å². The molecule has 0 aromatic heterocycles. The van der Waals surface area contributed by atoms with E-state index in [1.54, 1.807) is 24.3 Å². The first-order chi connectivity index (χ1) is 10.6. The van der Waals surface area contributed by atoms with Gasteiger partial charge in [0.25, 0.3) is 5.91 Å². The number of hydrogen-bond donors (Lipinski definition) is 1. The van der Waals surface area contributed by atoms with Gasteiger partial charge in [-0.05, 0) is 37.9 Å². The van der Waals surface area contributed by atoms with E-state index in [1.165, 1.54) is 0 Å². The molecule has 0 saturated carbocycles. The van der Waals surface area contributed by atoms with E-state index in [1.807, 2.05) is 49.3 Å². The minimum Gasteiger partial charge on any atom is -0.344 e. The molecule has 22 heavy (non-hydrogen) atoms. The van der Waals surface area contributed by atoms with Crippen LogP contribution in [0.4, 0.5) is 0 Å².